The largest absolute Gasteiger partial charge is 0.481 e. The minimum Gasteiger partial charge on any atom is -0.444 e. The van der Waals surface area contributed by atoms with Crippen LogP contribution >= 0.6 is 0 Å². The molecule has 5 fully saturated rings. The Morgan fingerprint density at radius 3 is 2.42 bits per heavy atom. The second-order valence-electron chi connectivity index (χ2n) is 15.5. The first-order valence-corrected chi connectivity index (χ1v) is 18.2. The van der Waals surface area contributed by atoms with E-state index in [1.54, 1.807) is 15.9 Å². The van der Waals surface area contributed by atoms with Crippen LogP contribution in [0.25, 0.3) is 0 Å². The Kier molecular flexibility index (Phi) is 10.4. The number of benzene rings is 1. The number of hydrogen-bond acceptors (Lipinski definition) is 6. The third kappa shape index (κ3) is 6.84. The molecule has 260 valence electrons. The molecule has 0 spiro atoms. The van der Waals surface area contributed by atoms with Crippen molar-refractivity contribution in [2.45, 2.75) is 134 Å². The lowest BCUT2D eigenvalue weighted by Crippen LogP contribution is -2.65. The second kappa shape index (κ2) is 14.4. The van der Waals surface area contributed by atoms with E-state index in [0.29, 0.717) is 31.3 Å². The number of unbranched alkanes of at least 4 members (excludes halogenated alkanes) is 4. The van der Waals surface area contributed by atoms with E-state index in [0.717, 1.165) is 62.5 Å². The number of nitrogens with zero attached hydrogens (tertiary/aromatic N) is 2. The second-order valence-corrected chi connectivity index (χ2v) is 15.5. The van der Waals surface area contributed by atoms with Crippen LogP contribution in [0.5, 0.6) is 0 Å². The molecule has 1 unspecified atom stereocenters. The third-order valence-electron chi connectivity index (χ3n) is 12.1. The van der Waals surface area contributed by atoms with Crippen LogP contribution in [0.15, 0.2) is 49.6 Å². The number of nitrogens with one attached hydrogen (secondary N) is 1. The van der Waals surface area contributed by atoms with Crippen molar-refractivity contribution in [1.82, 2.24) is 15.1 Å². The number of hydrogen-bond donors (Lipinski definition) is 1. The molecule has 0 radical (unpaired) electrons. The SMILES string of the molecule is C=CCCCCCC[C@H](NC(=O)[C@@H]1C[C@@H](OC(=O)N2Cc3ccccc3C2)CN1C(=O)CCC=C)B1OC2C[C@H]3C[C@H](C3(C)C)[C@@]2(C)O1. The number of fused-ring (bicyclic) bond motifs is 1. The van der Waals surface area contributed by atoms with Crippen LogP contribution in [0.4, 0.5) is 4.79 Å². The zero-order chi connectivity index (χ0) is 34.1. The summed E-state index contributed by atoms with van der Waals surface area (Å²) >= 11 is 0. The Bertz CT molecular complexity index is 1360. The highest BCUT2D eigenvalue weighted by Crippen LogP contribution is 2.65. The van der Waals surface area contributed by atoms with Gasteiger partial charge in [-0.05, 0) is 73.8 Å². The fourth-order valence-corrected chi connectivity index (χ4v) is 9.09. The molecular weight excluding hydrogens is 605 g/mol. The van der Waals surface area contributed by atoms with Gasteiger partial charge in [-0.2, -0.15) is 0 Å². The van der Waals surface area contributed by atoms with E-state index in [9.17, 15) is 14.4 Å². The monoisotopic (exact) mass is 659 g/mol. The van der Waals surface area contributed by atoms with Crippen LogP contribution < -0.4 is 5.32 Å². The van der Waals surface area contributed by atoms with Gasteiger partial charge >= 0.3 is 13.2 Å². The first-order valence-electron chi connectivity index (χ1n) is 18.2. The maximum absolute atomic E-state index is 14.2. The smallest absolute Gasteiger partial charge is 0.444 e. The van der Waals surface area contributed by atoms with Crippen LogP contribution in [0.2, 0.25) is 0 Å². The summed E-state index contributed by atoms with van der Waals surface area (Å²) in [4.78, 5) is 44.1. The topological polar surface area (TPSA) is 97.4 Å². The van der Waals surface area contributed by atoms with E-state index >= 15 is 0 Å². The molecule has 10 heteroatoms. The quantitative estimate of drug-likeness (QED) is 0.142. The van der Waals surface area contributed by atoms with Gasteiger partial charge in [-0.3, -0.25) is 14.5 Å². The van der Waals surface area contributed by atoms with E-state index < -0.39 is 25.4 Å². The van der Waals surface area contributed by atoms with Crippen molar-refractivity contribution >= 4 is 25.0 Å². The Balaban J connectivity index is 1.14. The standard InChI is InChI=1S/C38H54BN3O6/c1-6-8-10-11-12-13-18-33(39-47-32-21-28-20-31(37(28,3)4)38(32,5)48-39)40-35(44)30-22-29(25-42(30)34(43)19-9-7-2)46-36(45)41-23-26-16-14-15-17-27(26)24-41/h6-7,14-17,28-33H,1-2,8-13,18-25H2,3-5H3,(H,40,44)/t28-,29-,30+,31-,32?,33+,38-/m1/s1. The molecule has 1 N–H and O–H groups in total. The number of likely N-dealkylation sites (tertiary alicyclic amines) is 1. The van der Waals surface area contributed by atoms with Crippen molar-refractivity contribution < 1.29 is 28.4 Å². The molecule has 9 nitrogen and oxygen atoms in total. The van der Waals surface area contributed by atoms with E-state index in [2.05, 4.69) is 39.2 Å². The summed E-state index contributed by atoms with van der Waals surface area (Å²) in [5, 5.41) is 3.29. The molecule has 3 saturated carbocycles. The van der Waals surface area contributed by atoms with E-state index in [1.807, 2.05) is 30.3 Å². The van der Waals surface area contributed by atoms with Crippen molar-refractivity contribution in [2.75, 3.05) is 6.54 Å². The third-order valence-corrected chi connectivity index (χ3v) is 12.1. The fourth-order valence-electron chi connectivity index (χ4n) is 9.09. The molecule has 48 heavy (non-hydrogen) atoms. The van der Waals surface area contributed by atoms with Crippen LogP contribution in [-0.2, 0) is 36.7 Å². The molecule has 0 aromatic heterocycles. The number of rotatable bonds is 14. The zero-order valence-corrected chi connectivity index (χ0v) is 29.2. The van der Waals surface area contributed by atoms with Crippen molar-refractivity contribution in [3.05, 3.63) is 60.7 Å². The zero-order valence-electron chi connectivity index (χ0n) is 29.2. The molecule has 2 saturated heterocycles. The number of carbonyl (C=O) groups is 3. The van der Waals surface area contributed by atoms with Gasteiger partial charge in [-0.15, -0.1) is 13.2 Å². The highest BCUT2D eigenvalue weighted by Gasteiger charge is 2.68. The summed E-state index contributed by atoms with van der Waals surface area (Å²) in [6.07, 6.45) is 11.7. The first-order chi connectivity index (χ1) is 23.0. The van der Waals surface area contributed by atoms with Gasteiger partial charge < -0.3 is 24.3 Å². The molecule has 3 amide bonds. The van der Waals surface area contributed by atoms with Crippen molar-refractivity contribution in [3.63, 3.8) is 0 Å². The maximum atomic E-state index is 14.2. The normalized spacial score (nSPS) is 30.2. The average molecular weight is 660 g/mol. The van der Waals surface area contributed by atoms with Crippen molar-refractivity contribution in [1.29, 1.82) is 0 Å². The van der Waals surface area contributed by atoms with Gasteiger partial charge in [0, 0.05) is 25.9 Å². The highest BCUT2D eigenvalue weighted by atomic mass is 16.7. The fraction of sp³-hybridized carbons (Fsp3) is 0.658. The Labute approximate surface area is 286 Å². The average Bonchev–Trinajstić information content (AvgIpc) is 3.79. The minimum atomic E-state index is -0.753. The molecule has 7 atom stereocenters. The Morgan fingerprint density at radius 2 is 1.73 bits per heavy atom. The molecule has 1 aromatic rings. The van der Waals surface area contributed by atoms with Crippen LogP contribution in [0.3, 0.4) is 0 Å². The summed E-state index contributed by atoms with van der Waals surface area (Å²) in [5.74, 6) is 0.302. The molecule has 1 aromatic carbocycles. The lowest BCUT2D eigenvalue weighted by Gasteiger charge is -2.64. The van der Waals surface area contributed by atoms with Crippen LogP contribution in [0.1, 0.15) is 103 Å². The number of ether oxygens (including phenoxy) is 1. The summed E-state index contributed by atoms with van der Waals surface area (Å²) in [6, 6.07) is 7.23. The molecule has 3 aliphatic carbocycles. The van der Waals surface area contributed by atoms with E-state index in [-0.39, 0.29) is 54.3 Å². The highest BCUT2D eigenvalue weighted by molar-refractivity contribution is 6.47. The van der Waals surface area contributed by atoms with Crippen LogP contribution in [0, 0.1) is 17.3 Å². The van der Waals surface area contributed by atoms with Crippen molar-refractivity contribution in [2.24, 2.45) is 17.3 Å². The van der Waals surface area contributed by atoms with Gasteiger partial charge in [0.05, 0.1) is 24.2 Å². The number of amides is 3. The summed E-state index contributed by atoms with van der Waals surface area (Å²) in [7, 11) is -0.552. The summed E-state index contributed by atoms with van der Waals surface area (Å²) in [6.45, 7) is 15.6. The number of carbonyl (C=O) groups excluding carboxylic acids is 3. The van der Waals surface area contributed by atoms with Gasteiger partial charge in [-0.1, -0.05) is 69.5 Å². The molecule has 6 aliphatic rings. The molecule has 7 rings (SSSR count). The lowest BCUT2D eigenvalue weighted by atomic mass is 9.43. The van der Waals surface area contributed by atoms with E-state index in [1.165, 1.54) is 0 Å². The molecule has 3 heterocycles. The molecule has 3 aliphatic heterocycles. The predicted octanol–water partition coefficient (Wildman–Crippen LogP) is 6.35. The number of allylic oxidation sites excluding steroid dienone is 2. The first kappa shape index (κ1) is 34.7. The molecule has 2 bridgehead atoms. The van der Waals surface area contributed by atoms with Gasteiger partial charge in [0.25, 0.3) is 0 Å². The Hall–Kier alpha value is -3.11. The van der Waals surface area contributed by atoms with Crippen LogP contribution in [-0.4, -0.2) is 71.2 Å². The summed E-state index contributed by atoms with van der Waals surface area (Å²) < 4.78 is 19.4. The van der Waals surface area contributed by atoms with Gasteiger partial charge in [-0.25, -0.2) is 4.79 Å². The molecular formula is C38H54BN3O6. The van der Waals surface area contributed by atoms with Crippen molar-refractivity contribution in [3.8, 4) is 0 Å². The van der Waals surface area contributed by atoms with Gasteiger partial charge in [0.15, 0.2) is 0 Å². The Morgan fingerprint density at radius 1 is 1.02 bits per heavy atom. The maximum Gasteiger partial charge on any atom is 0.481 e. The lowest BCUT2D eigenvalue weighted by molar-refractivity contribution is -0.199. The van der Waals surface area contributed by atoms with Gasteiger partial charge in [0.2, 0.25) is 11.8 Å². The minimum absolute atomic E-state index is 0.00949. The predicted molar refractivity (Wildman–Crippen MR) is 185 cm³/mol. The van der Waals surface area contributed by atoms with E-state index in [4.69, 9.17) is 14.0 Å². The van der Waals surface area contributed by atoms with Gasteiger partial charge in [0.1, 0.15) is 12.1 Å². The summed E-state index contributed by atoms with van der Waals surface area (Å²) in [5.41, 5.74) is 2.05.